The van der Waals surface area contributed by atoms with Gasteiger partial charge in [0, 0.05) is 36.8 Å². The molecule has 160 valence electrons. The molecule has 0 radical (unpaired) electrons. The maximum atomic E-state index is 11.4. The van der Waals surface area contributed by atoms with Gasteiger partial charge >= 0.3 is 0 Å². The van der Waals surface area contributed by atoms with Crippen LogP contribution in [0.15, 0.2) is 22.5 Å². The fourth-order valence-corrected chi connectivity index (χ4v) is 4.82. The number of thiophene rings is 1. The molecule has 1 aliphatic rings. The average Bonchev–Trinajstić information content (AvgIpc) is 3.14. The normalized spacial score (nSPS) is 21.3. The molecule has 3 unspecified atom stereocenters. The van der Waals surface area contributed by atoms with Crippen LogP contribution in [0.25, 0.3) is 0 Å². The smallest absolute Gasteiger partial charge is 0.191 e. The summed E-state index contributed by atoms with van der Waals surface area (Å²) in [6.45, 7) is 10.1. The van der Waals surface area contributed by atoms with Crippen molar-refractivity contribution >= 4 is 27.1 Å². The lowest BCUT2D eigenvalue weighted by atomic mass is 10.1. The second-order valence-electron chi connectivity index (χ2n) is 7.39. The van der Waals surface area contributed by atoms with Gasteiger partial charge in [0.1, 0.15) is 9.84 Å². The summed E-state index contributed by atoms with van der Waals surface area (Å²) in [5, 5.41) is 8.71. The van der Waals surface area contributed by atoms with Gasteiger partial charge in [-0.15, -0.1) is 11.3 Å². The summed E-state index contributed by atoms with van der Waals surface area (Å²) < 4.78 is 28.5. The number of morpholine rings is 1. The second-order valence-corrected chi connectivity index (χ2v) is 10.6. The molecule has 1 aliphatic heterocycles. The molecule has 2 heterocycles. The zero-order valence-electron chi connectivity index (χ0n) is 17.3. The Labute approximate surface area is 173 Å². The van der Waals surface area contributed by atoms with Gasteiger partial charge in [-0.2, -0.15) is 0 Å². The average molecular weight is 431 g/mol. The molecule has 0 aliphatic carbocycles. The van der Waals surface area contributed by atoms with Gasteiger partial charge in [-0.1, -0.05) is 6.07 Å². The molecule has 0 aromatic carbocycles. The minimum absolute atomic E-state index is 0.0242. The minimum atomic E-state index is -2.96. The van der Waals surface area contributed by atoms with Crippen molar-refractivity contribution in [2.45, 2.75) is 45.4 Å². The molecule has 0 saturated carbocycles. The molecular weight excluding hydrogens is 396 g/mol. The van der Waals surface area contributed by atoms with E-state index < -0.39 is 9.84 Å². The van der Waals surface area contributed by atoms with Gasteiger partial charge in [-0.25, -0.2) is 8.42 Å². The number of hydrogen-bond donors (Lipinski definition) is 2. The van der Waals surface area contributed by atoms with Gasteiger partial charge in [0.2, 0.25) is 0 Å². The molecule has 28 heavy (non-hydrogen) atoms. The Hall–Kier alpha value is -1.16. The van der Waals surface area contributed by atoms with Crippen molar-refractivity contribution in [1.82, 2.24) is 15.5 Å². The van der Waals surface area contributed by atoms with E-state index in [1.54, 1.807) is 11.3 Å². The third-order valence-electron chi connectivity index (χ3n) is 4.66. The zero-order chi connectivity index (χ0) is 20.6. The third kappa shape index (κ3) is 8.06. The highest BCUT2D eigenvalue weighted by molar-refractivity contribution is 7.90. The first-order valence-electron chi connectivity index (χ1n) is 9.90. The lowest BCUT2D eigenvalue weighted by Crippen LogP contribution is -2.45. The van der Waals surface area contributed by atoms with Gasteiger partial charge in [0.25, 0.3) is 0 Å². The van der Waals surface area contributed by atoms with Crippen LogP contribution in [-0.4, -0.2) is 76.2 Å². The van der Waals surface area contributed by atoms with E-state index in [-0.39, 0.29) is 23.9 Å². The van der Waals surface area contributed by atoms with E-state index in [0.717, 1.165) is 32.2 Å². The molecule has 1 fully saturated rings. The lowest BCUT2D eigenvalue weighted by Gasteiger charge is -2.36. The number of nitrogens with zero attached hydrogens (tertiary/aromatic N) is 2. The number of nitrogens with one attached hydrogen (secondary N) is 2. The van der Waals surface area contributed by atoms with Crippen LogP contribution in [0.2, 0.25) is 0 Å². The summed E-state index contributed by atoms with van der Waals surface area (Å²) in [7, 11) is -2.96. The van der Waals surface area contributed by atoms with E-state index in [4.69, 9.17) is 9.73 Å². The van der Waals surface area contributed by atoms with E-state index in [1.165, 1.54) is 11.1 Å². The Morgan fingerprint density at radius 1 is 1.50 bits per heavy atom. The number of rotatable bonds is 9. The molecule has 1 saturated heterocycles. The van der Waals surface area contributed by atoms with E-state index in [1.807, 2.05) is 13.8 Å². The van der Waals surface area contributed by atoms with Gasteiger partial charge in [-0.3, -0.25) is 9.89 Å². The first-order chi connectivity index (χ1) is 13.3. The van der Waals surface area contributed by atoms with Crippen LogP contribution >= 0.6 is 11.3 Å². The molecule has 1 aromatic rings. The highest BCUT2D eigenvalue weighted by atomic mass is 32.2. The Morgan fingerprint density at radius 3 is 2.89 bits per heavy atom. The van der Waals surface area contributed by atoms with Crippen molar-refractivity contribution in [3.8, 4) is 0 Å². The van der Waals surface area contributed by atoms with Crippen molar-refractivity contribution in [2.75, 3.05) is 44.8 Å². The van der Waals surface area contributed by atoms with Crippen LogP contribution in [0.3, 0.4) is 0 Å². The van der Waals surface area contributed by atoms with E-state index in [0.29, 0.717) is 13.0 Å². The summed E-state index contributed by atoms with van der Waals surface area (Å²) in [5.74, 6) is 0.899. The van der Waals surface area contributed by atoms with E-state index in [2.05, 4.69) is 40.0 Å². The predicted molar refractivity (Wildman–Crippen MR) is 117 cm³/mol. The summed E-state index contributed by atoms with van der Waals surface area (Å²) >= 11 is 1.76. The molecule has 3 atom stereocenters. The summed E-state index contributed by atoms with van der Waals surface area (Å²) in [5.41, 5.74) is 0. The van der Waals surface area contributed by atoms with Crippen LogP contribution in [0, 0.1) is 0 Å². The Balaban J connectivity index is 2.05. The van der Waals surface area contributed by atoms with Crippen LogP contribution < -0.4 is 10.6 Å². The Kier molecular flexibility index (Phi) is 9.20. The number of guanidine groups is 1. The lowest BCUT2D eigenvalue weighted by molar-refractivity contribution is -0.0327. The van der Waals surface area contributed by atoms with Crippen molar-refractivity contribution in [3.63, 3.8) is 0 Å². The molecule has 2 N–H and O–H groups in total. The van der Waals surface area contributed by atoms with Crippen LogP contribution in [-0.2, 0) is 14.6 Å². The van der Waals surface area contributed by atoms with Crippen molar-refractivity contribution < 1.29 is 13.2 Å². The first kappa shape index (κ1) is 23.1. The molecule has 7 nitrogen and oxygen atoms in total. The first-order valence-corrected chi connectivity index (χ1v) is 12.8. The molecule has 0 amide bonds. The van der Waals surface area contributed by atoms with Crippen LogP contribution in [0.5, 0.6) is 0 Å². The summed E-state index contributed by atoms with van der Waals surface area (Å²) in [6.07, 6.45) is 2.05. The molecule has 9 heteroatoms. The minimum Gasteiger partial charge on any atom is -0.376 e. The second kappa shape index (κ2) is 11.1. The van der Waals surface area contributed by atoms with Gasteiger partial charge in [0.05, 0.1) is 31.1 Å². The maximum Gasteiger partial charge on any atom is 0.191 e. The molecule has 2 rings (SSSR count). The molecular formula is C19H34N4O3S2. The van der Waals surface area contributed by atoms with Crippen LogP contribution in [0.4, 0.5) is 0 Å². The SMILES string of the molecule is CCNC(=NCC(c1cccs1)N1CCOC(C)C1)NC(C)CCS(C)(=O)=O. The van der Waals surface area contributed by atoms with E-state index in [9.17, 15) is 8.42 Å². The fraction of sp³-hybridized carbons (Fsp3) is 0.737. The van der Waals surface area contributed by atoms with Gasteiger partial charge in [0.15, 0.2) is 5.96 Å². The molecule has 1 aromatic heterocycles. The number of aliphatic imine (C=N–C) groups is 1. The Bertz CT molecular complexity index is 707. The van der Waals surface area contributed by atoms with Crippen LogP contribution in [0.1, 0.15) is 38.1 Å². The largest absolute Gasteiger partial charge is 0.376 e. The summed E-state index contributed by atoms with van der Waals surface area (Å²) in [6, 6.07) is 4.49. The maximum absolute atomic E-state index is 11.4. The van der Waals surface area contributed by atoms with Crippen molar-refractivity contribution in [3.05, 3.63) is 22.4 Å². The van der Waals surface area contributed by atoms with E-state index >= 15 is 0 Å². The van der Waals surface area contributed by atoms with Gasteiger partial charge < -0.3 is 15.4 Å². The monoisotopic (exact) mass is 430 g/mol. The summed E-state index contributed by atoms with van der Waals surface area (Å²) in [4.78, 5) is 8.57. The zero-order valence-corrected chi connectivity index (χ0v) is 19.0. The standard InChI is InChI=1S/C19H34N4O3S2/c1-5-20-19(22-15(2)8-12-28(4,24)25)21-13-17(18-7-6-11-27-18)23-9-10-26-16(3)14-23/h6-7,11,15-17H,5,8-10,12-14H2,1-4H3,(H2,20,21,22). The molecule has 0 spiro atoms. The van der Waals surface area contributed by atoms with Crippen molar-refractivity contribution in [2.24, 2.45) is 4.99 Å². The number of hydrogen-bond acceptors (Lipinski definition) is 6. The predicted octanol–water partition coefficient (Wildman–Crippen LogP) is 1.89. The fourth-order valence-electron chi connectivity index (χ4n) is 3.19. The number of sulfone groups is 1. The quantitative estimate of drug-likeness (QED) is 0.460. The Morgan fingerprint density at radius 2 is 2.29 bits per heavy atom. The molecule has 0 bridgehead atoms. The highest BCUT2D eigenvalue weighted by Crippen LogP contribution is 2.27. The third-order valence-corrected chi connectivity index (χ3v) is 6.61. The highest BCUT2D eigenvalue weighted by Gasteiger charge is 2.26. The van der Waals surface area contributed by atoms with Crippen molar-refractivity contribution in [1.29, 1.82) is 0 Å². The number of ether oxygens (including phenoxy) is 1. The topological polar surface area (TPSA) is 83.0 Å². The van der Waals surface area contributed by atoms with Gasteiger partial charge in [-0.05, 0) is 38.6 Å².